The highest BCUT2D eigenvalue weighted by atomic mass is 32.2. The molecule has 0 spiro atoms. The topological polar surface area (TPSA) is 66.5 Å². The Morgan fingerprint density at radius 1 is 1.08 bits per heavy atom. The van der Waals surface area contributed by atoms with Gasteiger partial charge in [-0.05, 0) is 41.7 Å². The second kappa shape index (κ2) is 7.50. The lowest BCUT2D eigenvalue weighted by molar-refractivity contribution is -0.114. The van der Waals surface area contributed by atoms with Gasteiger partial charge < -0.3 is 5.32 Å². The van der Waals surface area contributed by atoms with Gasteiger partial charge in [-0.15, -0.1) is 0 Å². The highest BCUT2D eigenvalue weighted by Gasteiger charge is 2.27. The summed E-state index contributed by atoms with van der Waals surface area (Å²) in [7, 11) is -3.62. The van der Waals surface area contributed by atoms with E-state index in [1.807, 2.05) is 58.0 Å². The predicted octanol–water partition coefficient (Wildman–Crippen LogP) is 3.70. The van der Waals surface area contributed by atoms with Crippen LogP contribution in [0.3, 0.4) is 0 Å². The number of nitrogens with zero attached hydrogens (tertiary/aromatic N) is 1. The van der Waals surface area contributed by atoms with Crippen molar-refractivity contribution < 1.29 is 13.2 Å². The molecule has 0 saturated heterocycles. The summed E-state index contributed by atoms with van der Waals surface area (Å²) in [5.74, 6) is -0.385. The number of carbonyl (C=O) groups is 1. The molecule has 1 N–H and O–H groups in total. The average molecular weight is 375 g/mol. The minimum absolute atomic E-state index is 0.257. The molecule has 0 aromatic heterocycles. The summed E-state index contributed by atoms with van der Waals surface area (Å²) in [6, 6.07) is 14.7. The zero-order valence-electron chi connectivity index (χ0n) is 15.9. The third-order valence-electron chi connectivity index (χ3n) is 3.97. The Balaban J connectivity index is 2.34. The van der Waals surface area contributed by atoms with Crippen molar-refractivity contribution in [3.8, 4) is 0 Å². The van der Waals surface area contributed by atoms with E-state index < -0.39 is 10.0 Å². The van der Waals surface area contributed by atoms with Gasteiger partial charge in [0.15, 0.2) is 0 Å². The van der Waals surface area contributed by atoms with Crippen LogP contribution in [0.4, 0.5) is 11.4 Å². The molecule has 6 heteroatoms. The molecule has 0 heterocycles. The van der Waals surface area contributed by atoms with E-state index in [1.165, 1.54) is 4.31 Å². The van der Waals surface area contributed by atoms with Crippen LogP contribution in [-0.2, 0) is 20.2 Å². The van der Waals surface area contributed by atoms with Crippen LogP contribution in [0.1, 0.15) is 31.9 Å². The van der Waals surface area contributed by atoms with Gasteiger partial charge in [0.05, 0.1) is 11.9 Å². The maximum absolute atomic E-state index is 12.5. The lowest BCUT2D eigenvalue weighted by Gasteiger charge is -2.29. The van der Waals surface area contributed by atoms with E-state index in [-0.39, 0.29) is 17.9 Å². The SMILES string of the molecule is Cc1cccc(NC(=O)CN(c2ccccc2C(C)(C)C)S(C)(=O)=O)c1. The summed E-state index contributed by atoms with van der Waals surface area (Å²) < 4.78 is 26.0. The van der Waals surface area contributed by atoms with E-state index in [9.17, 15) is 13.2 Å². The van der Waals surface area contributed by atoms with Gasteiger partial charge in [0, 0.05) is 5.69 Å². The Labute approximate surface area is 156 Å². The van der Waals surface area contributed by atoms with E-state index in [2.05, 4.69) is 5.32 Å². The first kappa shape index (κ1) is 20.0. The molecule has 140 valence electrons. The van der Waals surface area contributed by atoms with Gasteiger partial charge >= 0.3 is 0 Å². The molecular formula is C20H26N2O3S. The number of anilines is 2. The normalized spacial score (nSPS) is 11.9. The highest BCUT2D eigenvalue weighted by Crippen LogP contribution is 2.33. The van der Waals surface area contributed by atoms with Crippen molar-refractivity contribution in [3.05, 3.63) is 59.7 Å². The Kier molecular flexibility index (Phi) is 5.76. The number of hydrogen-bond donors (Lipinski definition) is 1. The summed E-state index contributed by atoms with van der Waals surface area (Å²) in [5.41, 5.74) is 2.80. The van der Waals surface area contributed by atoms with Crippen molar-refractivity contribution in [2.45, 2.75) is 33.1 Å². The second-order valence-electron chi connectivity index (χ2n) is 7.45. The maximum Gasteiger partial charge on any atom is 0.245 e. The minimum atomic E-state index is -3.62. The van der Waals surface area contributed by atoms with Crippen LogP contribution in [0.15, 0.2) is 48.5 Å². The first-order valence-electron chi connectivity index (χ1n) is 8.42. The number of rotatable bonds is 5. The third kappa shape index (κ3) is 5.08. The molecule has 2 rings (SSSR count). The fraction of sp³-hybridized carbons (Fsp3) is 0.350. The van der Waals surface area contributed by atoms with Gasteiger partial charge in [-0.1, -0.05) is 51.1 Å². The zero-order chi connectivity index (χ0) is 19.5. The lowest BCUT2D eigenvalue weighted by Crippen LogP contribution is -2.38. The largest absolute Gasteiger partial charge is 0.325 e. The molecule has 0 radical (unpaired) electrons. The van der Waals surface area contributed by atoms with E-state index in [1.54, 1.807) is 18.2 Å². The van der Waals surface area contributed by atoms with Crippen LogP contribution in [0.25, 0.3) is 0 Å². The van der Waals surface area contributed by atoms with Crippen molar-refractivity contribution in [1.82, 2.24) is 0 Å². The summed E-state index contributed by atoms with van der Waals surface area (Å²) >= 11 is 0. The van der Waals surface area contributed by atoms with Crippen LogP contribution < -0.4 is 9.62 Å². The Hall–Kier alpha value is -2.34. The van der Waals surface area contributed by atoms with Gasteiger partial charge in [-0.25, -0.2) is 8.42 Å². The van der Waals surface area contributed by atoms with Crippen LogP contribution in [0, 0.1) is 6.92 Å². The van der Waals surface area contributed by atoms with Crippen LogP contribution in [-0.4, -0.2) is 27.1 Å². The minimum Gasteiger partial charge on any atom is -0.325 e. The standard InChI is InChI=1S/C20H26N2O3S/c1-15-9-8-10-16(13-15)21-19(23)14-22(26(5,24)25)18-12-7-6-11-17(18)20(2,3)4/h6-13H,14H2,1-5H3,(H,21,23). The molecule has 2 aromatic carbocycles. The van der Waals surface area contributed by atoms with Crippen molar-refractivity contribution in [3.63, 3.8) is 0 Å². The van der Waals surface area contributed by atoms with E-state index in [4.69, 9.17) is 0 Å². The molecule has 0 saturated carbocycles. The van der Waals surface area contributed by atoms with E-state index >= 15 is 0 Å². The molecule has 0 bridgehead atoms. The van der Waals surface area contributed by atoms with Crippen molar-refractivity contribution in [1.29, 1.82) is 0 Å². The van der Waals surface area contributed by atoms with Crippen LogP contribution >= 0.6 is 0 Å². The number of para-hydroxylation sites is 1. The van der Waals surface area contributed by atoms with Gasteiger partial charge in [-0.2, -0.15) is 0 Å². The number of amides is 1. The summed E-state index contributed by atoms with van der Waals surface area (Å²) in [6.45, 7) is 7.69. The van der Waals surface area contributed by atoms with Crippen LogP contribution in [0.5, 0.6) is 0 Å². The first-order chi connectivity index (χ1) is 12.0. The first-order valence-corrected chi connectivity index (χ1v) is 10.3. The smallest absolute Gasteiger partial charge is 0.245 e. The van der Waals surface area contributed by atoms with Crippen molar-refractivity contribution in [2.24, 2.45) is 0 Å². The number of hydrogen-bond acceptors (Lipinski definition) is 3. The van der Waals surface area contributed by atoms with Crippen molar-refractivity contribution >= 4 is 27.3 Å². The van der Waals surface area contributed by atoms with Gasteiger partial charge in [0.25, 0.3) is 0 Å². The summed E-state index contributed by atoms with van der Waals surface area (Å²) in [5, 5.41) is 2.77. The number of nitrogens with one attached hydrogen (secondary N) is 1. The molecule has 0 atom stereocenters. The number of sulfonamides is 1. The highest BCUT2D eigenvalue weighted by molar-refractivity contribution is 7.92. The Morgan fingerprint density at radius 3 is 2.31 bits per heavy atom. The summed E-state index contributed by atoms with van der Waals surface area (Å²) in [6.07, 6.45) is 1.12. The quantitative estimate of drug-likeness (QED) is 0.868. The molecule has 0 unspecified atom stereocenters. The lowest BCUT2D eigenvalue weighted by atomic mass is 9.86. The molecule has 2 aromatic rings. The van der Waals surface area contributed by atoms with E-state index in [0.29, 0.717) is 11.4 Å². The van der Waals surface area contributed by atoms with E-state index in [0.717, 1.165) is 17.4 Å². The van der Waals surface area contributed by atoms with Gasteiger partial charge in [0.1, 0.15) is 6.54 Å². The maximum atomic E-state index is 12.5. The monoisotopic (exact) mass is 374 g/mol. The van der Waals surface area contributed by atoms with Crippen LogP contribution in [0.2, 0.25) is 0 Å². The Morgan fingerprint density at radius 2 is 1.73 bits per heavy atom. The summed E-state index contributed by atoms with van der Waals surface area (Å²) in [4.78, 5) is 12.5. The fourth-order valence-electron chi connectivity index (χ4n) is 2.76. The average Bonchev–Trinajstić information content (AvgIpc) is 2.51. The molecule has 26 heavy (non-hydrogen) atoms. The Bertz CT molecular complexity index is 899. The number of carbonyl (C=O) groups excluding carboxylic acids is 1. The van der Waals surface area contributed by atoms with Gasteiger partial charge in [0.2, 0.25) is 15.9 Å². The molecule has 0 aliphatic heterocycles. The second-order valence-corrected chi connectivity index (χ2v) is 9.36. The molecule has 0 fully saturated rings. The molecular weight excluding hydrogens is 348 g/mol. The molecule has 5 nitrogen and oxygen atoms in total. The number of aryl methyl sites for hydroxylation is 1. The molecule has 0 aliphatic carbocycles. The predicted molar refractivity (Wildman–Crippen MR) is 107 cm³/mol. The molecule has 1 amide bonds. The van der Waals surface area contributed by atoms with Crippen molar-refractivity contribution in [2.75, 3.05) is 22.4 Å². The zero-order valence-corrected chi connectivity index (χ0v) is 16.7. The fourth-order valence-corrected chi connectivity index (χ4v) is 3.63. The third-order valence-corrected chi connectivity index (χ3v) is 5.10. The molecule has 0 aliphatic rings. The number of benzene rings is 2. The van der Waals surface area contributed by atoms with Gasteiger partial charge in [-0.3, -0.25) is 9.10 Å².